The first kappa shape index (κ1) is 9.19. The molecule has 0 aliphatic carbocycles. The molecule has 0 fully saturated rings. The molecule has 0 aliphatic heterocycles. The summed E-state index contributed by atoms with van der Waals surface area (Å²) in [5.41, 5.74) is 0. The predicted molar refractivity (Wildman–Crippen MR) is 40.3 cm³/mol. The van der Waals surface area contributed by atoms with E-state index in [4.69, 9.17) is 10.4 Å². The highest BCUT2D eigenvalue weighted by atomic mass is 16.3. The first-order valence-electron chi connectivity index (χ1n) is 3.47. The second-order valence-corrected chi connectivity index (χ2v) is 2.26. The Labute approximate surface area is 61.8 Å². The molecule has 0 aromatic rings. The Balaban J connectivity index is 3.12. The Bertz CT molecular complexity index is 133. The van der Waals surface area contributed by atoms with Crippen molar-refractivity contribution in [3.05, 3.63) is 12.2 Å². The van der Waals surface area contributed by atoms with Crippen molar-refractivity contribution < 1.29 is 5.11 Å². The minimum atomic E-state index is -0.230. The van der Waals surface area contributed by atoms with Crippen LogP contribution in [0.1, 0.15) is 26.2 Å². The van der Waals surface area contributed by atoms with Gasteiger partial charge in [0.25, 0.3) is 0 Å². The van der Waals surface area contributed by atoms with E-state index in [2.05, 4.69) is 0 Å². The van der Waals surface area contributed by atoms with Gasteiger partial charge in [-0.15, -0.1) is 0 Å². The van der Waals surface area contributed by atoms with Gasteiger partial charge < -0.3 is 5.11 Å². The minimum absolute atomic E-state index is 0.230. The zero-order valence-electron chi connectivity index (χ0n) is 6.25. The van der Waals surface area contributed by atoms with Crippen LogP contribution in [-0.4, -0.2) is 11.2 Å². The first-order chi connectivity index (χ1) is 4.77. The SMILES string of the molecule is C[C@@H](O)CC/C=C/CC#N. The van der Waals surface area contributed by atoms with E-state index in [0.29, 0.717) is 6.42 Å². The summed E-state index contributed by atoms with van der Waals surface area (Å²) < 4.78 is 0. The zero-order chi connectivity index (χ0) is 7.82. The van der Waals surface area contributed by atoms with E-state index in [-0.39, 0.29) is 6.10 Å². The second kappa shape index (κ2) is 6.31. The third-order valence-electron chi connectivity index (χ3n) is 1.13. The highest BCUT2D eigenvalue weighted by Crippen LogP contribution is 1.96. The molecule has 0 aromatic carbocycles. The summed E-state index contributed by atoms with van der Waals surface area (Å²) in [5, 5.41) is 16.9. The largest absolute Gasteiger partial charge is 0.393 e. The van der Waals surface area contributed by atoms with Crippen molar-refractivity contribution in [1.82, 2.24) is 0 Å². The molecule has 0 radical (unpaired) electrons. The van der Waals surface area contributed by atoms with Crippen LogP contribution in [0.2, 0.25) is 0 Å². The van der Waals surface area contributed by atoms with Crippen LogP contribution in [0.3, 0.4) is 0 Å². The number of hydrogen-bond acceptors (Lipinski definition) is 2. The van der Waals surface area contributed by atoms with Crippen molar-refractivity contribution in [3.63, 3.8) is 0 Å². The van der Waals surface area contributed by atoms with E-state index < -0.39 is 0 Å². The van der Waals surface area contributed by atoms with E-state index in [1.807, 2.05) is 18.2 Å². The lowest BCUT2D eigenvalue weighted by Gasteiger charge is -1.97. The first-order valence-corrected chi connectivity index (χ1v) is 3.47. The lowest BCUT2D eigenvalue weighted by molar-refractivity contribution is 0.186. The standard InChI is InChI=1S/C8H13NO/c1-8(10)6-4-2-3-5-7-9/h2-3,8,10H,4-6H2,1H3/b3-2+/t8-/m1/s1. The maximum absolute atomic E-state index is 8.81. The van der Waals surface area contributed by atoms with Gasteiger partial charge in [-0.05, 0) is 19.8 Å². The Kier molecular flexibility index (Phi) is 5.80. The molecule has 0 bridgehead atoms. The minimum Gasteiger partial charge on any atom is -0.393 e. The number of aliphatic hydroxyl groups excluding tert-OH is 1. The van der Waals surface area contributed by atoms with Crippen molar-refractivity contribution in [2.24, 2.45) is 0 Å². The third kappa shape index (κ3) is 7.19. The molecule has 0 heterocycles. The lowest BCUT2D eigenvalue weighted by Crippen LogP contribution is -1.96. The Morgan fingerprint density at radius 2 is 2.30 bits per heavy atom. The average Bonchev–Trinajstić information content (AvgIpc) is 1.87. The number of rotatable bonds is 4. The topological polar surface area (TPSA) is 44.0 Å². The van der Waals surface area contributed by atoms with Crippen LogP contribution in [0.4, 0.5) is 0 Å². The van der Waals surface area contributed by atoms with Gasteiger partial charge in [-0.2, -0.15) is 5.26 Å². The Morgan fingerprint density at radius 1 is 1.60 bits per heavy atom. The number of hydrogen-bond donors (Lipinski definition) is 1. The van der Waals surface area contributed by atoms with Gasteiger partial charge in [0.05, 0.1) is 18.6 Å². The van der Waals surface area contributed by atoms with Gasteiger partial charge in [0, 0.05) is 0 Å². The number of aliphatic hydroxyl groups is 1. The monoisotopic (exact) mass is 139 g/mol. The normalized spacial score (nSPS) is 13.3. The van der Waals surface area contributed by atoms with Crippen LogP contribution in [0, 0.1) is 11.3 Å². The quantitative estimate of drug-likeness (QED) is 0.601. The molecule has 2 nitrogen and oxygen atoms in total. The van der Waals surface area contributed by atoms with Crippen LogP contribution < -0.4 is 0 Å². The summed E-state index contributed by atoms with van der Waals surface area (Å²) in [5.74, 6) is 0. The van der Waals surface area contributed by atoms with Crippen molar-refractivity contribution in [1.29, 1.82) is 5.26 Å². The van der Waals surface area contributed by atoms with E-state index in [9.17, 15) is 0 Å². The van der Waals surface area contributed by atoms with E-state index >= 15 is 0 Å². The highest BCUT2D eigenvalue weighted by molar-refractivity contribution is 4.90. The predicted octanol–water partition coefficient (Wildman–Crippen LogP) is 1.62. The molecule has 0 unspecified atom stereocenters. The molecule has 0 spiro atoms. The molecule has 10 heavy (non-hydrogen) atoms. The van der Waals surface area contributed by atoms with Crippen molar-refractivity contribution >= 4 is 0 Å². The van der Waals surface area contributed by atoms with E-state index in [1.54, 1.807) is 6.92 Å². The van der Waals surface area contributed by atoms with Gasteiger partial charge in [0.15, 0.2) is 0 Å². The number of nitriles is 1. The Hall–Kier alpha value is -0.810. The zero-order valence-corrected chi connectivity index (χ0v) is 6.25. The Morgan fingerprint density at radius 3 is 2.80 bits per heavy atom. The molecule has 0 aliphatic rings. The van der Waals surface area contributed by atoms with Crippen molar-refractivity contribution in [2.75, 3.05) is 0 Å². The fourth-order valence-electron chi connectivity index (χ4n) is 0.591. The third-order valence-corrected chi connectivity index (χ3v) is 1.13. The van der Waals surface area contributed by atoms with Gasteiger partial charge in [0.1, 0.15) is 0 Å². The molecule has 0 rings (SSSR count). The lowest BCUT2D eigenvalue weighted by atomic mass is 10.2. The van der Waals surface area contributed by atoms with Crippen LogP contribution in [0.15, 0.2) is 12.2 Å². The summed E-state index contributed by atoms with van der Waals surface area (Å²) in [6.45, 7) is 1.76. The van der Waals surface area contributed by atoms with Crippen LogP contribution in [-0.2, 0) is 0 Å². The van der Waals surface area contributed by atoms with Gasteiger partial charge in [0.2, 0.25) is 0 Å². The summed E-state index contributed by atoms with van der Waals surface area (Å²) in [6, 6.07) is 2.01. The summed E-state index contributed by atoms with van der Waals surface area (Å²) in [4.78, 5) is 0. The smallest absolute Gasteiger partial charge is 0.0663 e. The summed E-state index contributed by atoms with van der Waals surface area (Å²) in [7, 11) is 0. The molecule has 1 atom stereocenters. The van der Waals surface area contributed by atoms with Gasteiger partial charge in [-0.25, -0.2) is 0 Å². The van der Waals surface area contributed by atoms with Crippen LogP contribution in [0.5, 0.6) is 0 Å². The highest BCUT2D eigenvalue weighted by Gasteiger charge is 1.90. The maximum Gasteiger partial charge on any atom is 0.0663 e. The molecule has 1 N–H and O–H groups in total. The van der Waals surface area contributed by atoms with Gasteiger partial charge >= 0.3 is 0 Å². The molecule has 56 valence electrons. The molecular weight excluding hydrogens is 126 g/mol. The fourth-order valence-corrected chi connectivity index (χ4v) is 0.591. The van der Waals surface area contributed by atoms with E-state index in [1.165, 1.54) is 0 Å². The van der Waals surface area contributed by atoms with Gasteiger partial charge in [-0.1, -0.05) is 12.2 Å². The molecule has 2 heteroatoms. The maximum atomic E-state index is 8.81. The molecule has 0 saturated heterocycles. The molecule has 0 saturated carbocycles. The molecule has 0 aromatic heterocycles. The van der Waals surface area contributed by atoms with Crippen LogP contribution in [0.25, 0.3) is 0 Å². The van der Waals surface area contributed by atoms with Crippen LogP contribution >= 0.6 is 0 Å². The number of allylic oxidation sites excluding steroid dienone is 2. The van der Waals surface area contributed by atoms with Gasteiger partial charge in [-0.3, -0.25) is 0 Å². The van der Waals surface area contributed by atoms with E-state index in [0.717, 1.165) is 12.8 Å². The average molecular weight is 139 g/mol. The summed E-state index contributed by atoms with van der Waals surface area (Å²) in [6.07, 6.45) is 5.63. The molecular formula is C8H13NO. The second-order valence-electron chi connectivity index (χ2n) is 2.26. The fraction of sp³-hybridized carbons (Fsp3) is 0.625. The van der Waals surface area contributed by atoms with Crippen molar-refractivity contribution in [2.45, 2.75) is 32.3 Å². The number of nitrogens with zero attached hydrogens (tertiary/aromatic N) is 1. The summed E-state index contributed by atoms with van der Waals surface area (Å²) >= 11 is 0. The molecule has 0 amide bonds. The van der Waals surface area contributed by atoms with Crippen molar-refractivity contribution in [3.8, 4) is 6.07 Å².